The van der Waals surface area contributed by atoms with Gasteiger partial charge in [0, 0.05) is 6.61 Å². The summed E-state index contributed by atoms with van der Waals surface area (Å²) in [5.74, 6) is 0. The summed E-state index contributed by atoms with van der Waals surface area (Å²) < 4.78 is 6.67. The van der Waals surface area contributed by atoms with Crippen LogP contribution in [0, 0.1) is 0 Å². The van der Waals surface area contributed by atoms with Crippen molar-refractivity contribution in [2.75, 3.05) is 52.6 Å². The van der Waals surface area contributed by atoms with Crippen LogP contribution in [0.3, 0.4) is 0 Å². The number of quaternary nitrogens is 1. The van der Waals surface area contributed by atoms with Crippen LogP contribution >= 0.6 is 0 Å². The lowest BCUT2D eigenvalue weighted by molar-refractivity contribution is -0.929. The van der Waals surface area contributed by atoms with Crippen LogP contribution < -0.4 is 17.0 Å². The normalized spacial score (nSPS) is 11.6. The van der Waals surface area contributed by atoms with Crippen molar-refractivity contribution in [1.29, 1.82) is 0 Å². The molecule has 0 unspecified atom stereocenters. The maximum absolute atomic E-state index is 9.51. The fourth-order valence-electron chi connectivity index (χ4n) is 3.67. The van der Waals surface area contributed by atoms with Crippen LogP contribution in [0.5, 0.6) is 0 Å². The van der Waals surface area contributed by atoms with Gasteiger partial charge in [-0.3, -0.25) is 0 Å². The van der Waals surface area contributed by atoms with Crippen molar-refractivity contribution in [3.63, 3.8) is 0 Å². The van der Waals surface area contributed by atoms with Gasteiger partial charge in [0.25, 0.3) is 0 Å². The molecule has 5 heteroatoms. The summed E-state index contributed by atoms with van der Waals surface area (Å²) in [6, 6.07) is 0. The van der Waals surface area contributed by atoms with Crippen molar-refractivity contribution in [2.45, 2.75) is 90.9 Å². The average molecular weight is 455 g/mol. The molecule has 0 saturated carbocycles. The first-order valence-electron chi connectivity index (χ1n) is 11.4. The standard InChI is InChI=1S/C22H48NO3.BrH/c1-3-5-7-9-11-13-15-23(16-19-24,17-20-25)18-22-26-21-14-12-10-8-6-4-2;/h24-25H,3-22H2,1-2H3;1H/q+1;/p-1. The molecule has 166 valence electrons. The van der Waals surface area contributed by atoms with Gasteiger partial charge in [0.15, 0.2) is 0 Å². The van der Waals surface area contributed by atoms with Crippen LogP contribution in [0.1, 0.15) is 90.9 Å². The molecule has 0 bridgehead atoms. The van der Waals surface area contributed by atoms with Crippen LogP contribution in [0.4, 0.5) is 0 Å². The molecular weight excluding hydrogens is 406 g/mol. The van der Waals surface area contributed by atoms with E-state index >= 15 is 0 Å². The largest absolute Gasteiger partial charge is 1.00 e. The summed E-state index contributed by atoms with van der Waals surface area (Å²) in [5.41, 5.74) is 0. The summed E-state index contributed by atoms with van der Waals surface area (Å²) in [6.45, 7) is 9.88. The Balaban J connectivity index is 0. The van der Waals surface area contributed by atoms with E-state index in [1.54, 1.807) is 0 Å². The first kappa shape index (κ1) is 29.5. The number of unbranched alkanes of at least 4 members (excludes halogenated alkanes) is 10. The Bertz CT molecular complexity index is 274. The predicted molar refractivity (Wildman–Crippen MR) is 111 cm³/mol. The van der Waals surface area contributed by atoms with E-state index in [2.05, 4.69) is 13.8 Å². The Morgan fingerprint density at radius 2 is 1.04 bits per heavy atom. The minimum absolute atomic E-state index is 0. The highest BCUT2D eigenvalue weighted by Crippen LogP contribution is 2.13. The van der Waals surface area contributed by atoms with Gasteiger partial charge in [-0.1, -0.05) is 71.6 Å². The molecular formula is C22H48BrNO3. The fourth-order valence-corrected chi connectivity index (χ4v) is 3.67. The Hall–Kier alpha value is 0.320. The summed E-state index contributed by atoms with van der Waals surface area (Å²) in [5, 5.41) is 19.0. The highest BCUT2D eigenvalue weighted by molar-refractivity contribution is 4.50. The monoisotopic (exact) mass is 453 g/mol. The van der Waals surface area contributed by atoms with E-state index in [9.17, 15) is 10.2 Å². The molecule has 0 amide bonds. The van der Waals surface area contributed by atoms with E-state index in [1.165, 1.54) is 70.6 Å². The van der Waals surface area contributed by atoms with E-state index in [1.807, 2.05) is 0 Å². The van der Waals surface area contributed by atoms with Crippen LogP contribution in [-0.4, -0.2) is 67.3 Å². The van der Waals surface area contributed by atoms with Crippen LogP contribution in [0.15, 0.2) is 0 Å². The van der Waals surface area contributed by atoms with Crippen LogP contribution in [-0.2, 0) is 4.74 Å². The molecule has 0 rings (SSSR count). The van der Waals surface area contributed by atoms with Crippen molar-refractivity contribution < 1.29 is 36.4 Å². The van der Waals surface area contributed by atoms with Crippen molar-refractivity contribution in [2.24, 2.45) is 0 Å². The van der Waals surface area contributed by atoms with Crippen molar-refractivity contribution >= 4 is 0 Å². The number of rotatable bonds is 21. The maximum atomic E-state index is 9.51. The minimum Gasteiger partial charge on any atom is -1.00 e. The average Bonchev–Trinajstić information content (AvgIpc) is 2.64. The van der Waals surface area contributed by atoms with Gasteiger partial charge < -0.3 is 36.4 Å². The molecule has 0 aromatic carbocycles. The van der Waals surface area contributed by atoms with Gasteiger partial charge in [-0.2, -0.15) is 0 Å². The van der Waals surface area contributed by atoms with Crippen LogP contribution in [0.2, 0.25) is 0 Å². The zero-order valence-electron chi connectivity index (χ0n) is 18.3. The van der Waals surface area contributed by atoms with Gasteiger partial charge in [0.1, 0.15) is 19.6 Å². The first-order valence-corrected chi connectivity index (χ1v) is 11.4. The second-order valence-corrected chi connectivity index (χ2v) is 7.83. The van der Waals surface area contributed by atoms with E-state index in [-0.39, 0.29) is 30.2 Å². The molecule has 0 radical (unpaired) electrons. The third-order valence-electron chi connectivity index (χ3n) is 5.49. The Labute approximate surface area is 180 Å². The summed E-state index contributed by atoms with van der Waals surface area (Å²) in [4.78, 5) is 0. The van der Waals surface area contributed by atoms with Gasteiger partial charge in [-0.15, -0.1) is 0 Å². The van der Waals surface area contributed by atoms with Gasteiger partial charge in [-0.25, -0.2) is 0 Å². The number of hydrogen-bond donors (Lipinski definition) is 2. The predicted octanol–water partition coefficient (Wildman–Crippen LogP) is 1.53. The van der Waals surface area contributed by atoms with Gasteiger partial charge in [0.2, 0.25) is 0 Å². The topological polar surface area (TPSA) is 49.7 Å². The molecule has 0 heterocycles. The summed E-state index contributed by atoms with van der Waals surface area (Å²) in [7, 11) is 0. The summed E-state index contributed by atoms with van der Waals surface area (Å²) in [6.07, 6.45) is 15.4. The Morgan fingerprint density at radius 1 is 0.556 bits per heavy atom. The number of hydrogen-bond acceptors (Lipinski definition) is 3. The molecule has 27 heavy (non-hydrogen) atoms. The molecule has 0 aromatic rings. The quantitative estimate of drug-likeness (QED) is 0.204. The minimum atomic E-state index is 0. The molecule has 0 aromatic heterocycles. The second kappa shape index (κ2) is 22.6. The SMILES string of the molecule is CCCCCCCCOCC[N+](CCO)(CCO)CCCCCCCC.[Br-]. The maximum Gasteiger partial charge on any atom is 0.103 e. The molecule has 0 spiro atoms. The molecule has 0 aliphatic rings. The second-order valence-electron chi connectivity index (χ2n) is 7.83. The summed E-state index contributed by atoms with van der Waals surface area (Å²) >= 11 is 0. The van der Waals surface area contributed by atoms with Crippen molar-refractivity contribution in [3.8, 4) is 0 Å². The third kappa shape index (κ3) is 18.1. The van der Waals surface area contributed by atoms with Crippen molar-refractivity contribution in [3.05, 3.63) is 0 Å². The number of aliphatic hydroxyl groups is 2. The highest BCUT2D eigenvalue weighted by atomic mass is 79.9. The van der Waals surface area contributed by atoms with E-state index < -0.39 is 0 Å². The number of aliphatic hydroxyl groups excluding tert-OH is 2. The first-order chi connectivity index (χ1) is 12.7. The molecule has 0 aliphatic carbocycles. The van der Waals surface area contributed by atoms with Gasteiger partial charge in [-0.05, 0) is 19.3 Å². The lowest BCUT2D eigenvalue weighted by atomic mass is 10.1. The Morgan fingerprint density at radius 3 is 1.56 bits per heavy atom. The smallest absolute Gasteiger partial charge is 0.103 e. The fraction of sp³-hybridized carbons (Fsp3) is 1.00. The molecule has 2 N–H and O–H groups in total. The Kier molecular flexibility index (Phi) is 24.7. The van der Waals surface area contributed by atoms with Crippen molar-refractivity contribution in [1.82, 2.24) is 0 Å². The molecule has 0 atom stereocenters. The lowest BCUT2D eigenvalue weighted by Crippen LogP contribution is -3.00. The van der Waals surface area contributed by atoms with Gasteiger partial charge in [0.05, 0.1) is 26.4 Å². The van der Waals surface area contributed by atoms with E-state index in [4.69, 9.17) is 4.74 Å². The number of ether oxygens (including phenoxy) is 1. The highest BCUT2D eigenvalue weighted by Gasteiger charge is 2.25. The lowest BCUT2D eigenvalue weighted by Gasteiger charge is -2.38. The van der Waals surface area contributed by atoms with Crippen LogP contribution in [0.25, 0.3) is 0 Å². The molecule has 0 fully saturated rings. The molecule has 0 aliphatic heterocycles. The third-order valence-corrected chi connectivity index (χ3v) is 5.49. The number of halogens is 1. The van der Waals surface area contributed by atoms with E-state index in [0.29, 0.717) is 0 Å². The van der Waals surface area contributed by atoms with E-state index in [0.717, 1.165) is 50.3 Å². The number of nitrogens with zero attached hydrogens (tertiary/aromatic N) is 1. The molecule has 0 saturated heterocycles. The molecule has 4 nitrogen and oxygen atoms in total. The van der Waals surface area contributed by atoms with Gasteiger partial charge >= 0.3 is 0 Å². The zero-order valence-corrected chi connectivity index (χ0v) is 19.9. The zero-order chi connectivity index (χ0) is 19.3.